The molecule has 0 radical (unpaired) electrons. The lowest BCUT2D eigenvalue weighted by molar-refractivity contribution is -0.171. The Morgan fingerprint density at radius 1 is 1.38 bits per heavy atom. The summed E-state index contributed by atoms with van der Waals surface area (Å²) in [5, 5.41) is 1.95. The van der Waals surface area contributed by atoms with Crippen LogP contribution in [0, 0.1) is 0 Å². The maximum absolute atomic E-state index is 12.4. The Bertz CT molecular complexity index is 251. The summed E-state index contributed by atoms with van der Waals surface area (Å²) in [5.41, 5.74) is -2.01. The lowest BCUT2D eigenvalue weighted by Crippen LogP contribution is -2.49. The minimum atomic E-state index is -4.38. The first-order valence-electron chi connectivity index (χ1n) is 4.86. The van der Waals surface area contributed by atoms with Crippen molar-refractivity contribution in [2.45, 2.75) is 24.6 Å². The van der Waals surface area contributed by atoms with E-state index in [4.69, 9.17) is 4.74 Å². The largest absolute Gasteiger partial charge is 0.411 e. The van der Waals surface area contributed by atoms with E-state index in [1.54, 1.807) is 0 Å². The van der Waals surface area contributed by atoms with Crippen LogP contribution < -0.4 is 5.32 Å². The second-order valence-electron chi connectivity index (χ2n) is 3.67. The monoisotopic (exact) mass is 241 g/mol. The summed E-state index contributed by atoms with van der Waals surface area (Å²) in [6.07, 6.45) is -4.49. The molecule has 1 rings (SSSR count). The van der Waals surface area contributed by atoms with Gasteiger partial charge in [-0.3, -0.25) is 4.79 Å². The van der Waals surface area contributed by atoms with Gasteiger partial charge < -0.3 is 14.8 Å². The Labute approximate surface area is 91.1 Å². The molecule has 0 heterocycles. The van der Waals surface area contributed by atoms with Crippen LogP contribution in [0.3, 0.4) is 0 Å². The fraction of sp³-hybridized carbons (Fsp3) is 0.889. The van der Waals surface area contributed by atoms with Crippen molar-refractivity contribution >= 4 is 5.91 Å². The maximum atomic E-state index is 12.4. The first-order chi connectivity index (χ1) is 7.41. The van der Waals surface area contributed by atoms with Gasteiger partial charge in [0.2, 0.25) is 5.91 Å². The standard InChI is InChI=1S/C9H14F3NO3/c1-15-4-5-16-6-7(14)13-8(2-3-8)9(10,11)12/h2-6H2,1H3,(H,13,14). The summed E-state index contributed by atoms with van der Waals surface area (Å²) in [5.74, 6) is -0.745. The summed E-state index contributed by atoms with van der Waals surface area (Å²) in [4.78, 5) is 11.1. The van der Waals surface area contributed by atoms with Gasteiger partial charge in [-0.1, -0.05) is 0 Å². The van der Waals surface area contributed by atoms with E-state index in [0.717, 1.165) is 0 Å². The van der Waals surface area contributed by atoms with E-state index >= 15 is 0 Å². The Hall–Kier alpha value is -0.820. The molecule has 0 aliphatic heterocycles. The van der Waals surface area contributed by atoms with Gasteiger partial charge >= 0.3 is 6.18 Å². The van der Waals surface area contributed by atoms with Gasteiger partial charge in [0.25, 0.3) is 0 Å². The SMILES string of the molecule is COCCOCC(=O)NC1(C(F)(F)F)CC1. The first kappa shape index (κ1) is 13.2. The van der Waals surface area contributed by atoms with Crippen LogP contribution in [0.25, 0.3) is 0 Å². The van der Waals surface area contributed by atoms with Crippen molar-refractivity contribution in [1.29, 1.82) is 0 Å². The Balaban J connectivity index is 2.25. The minimum absolute atomic E-state index is 0.0552. The van der Waals surface area contributed by atoms with E-state index in [9.17, 15) is 18.0 Å². The van der Waals surface area contributed by atoms with Gasteiger partial charge in [-0.2, -0.15) is 13.2 Å². The smallest absolute Gasteiger partial charge is 0.382 e. The molecule has 1 aliphatic carbocycles. The molecule has 1 saturated carbocycles. The Morgan fingerprint density at radius 2 is 2.00 bits per heavy atom. The number of carbonyl (C=O) groups is 1. The molecule has 0 aromatic carbocycles. The van der Waals surface area contributed by atoms with Gasteiger partial charge in [0.15, 0.2) is 0 Å². The summed E-state index contributed by atoms with van der Waals surface area (Å²) in [6.45, 7) is 0.113. The number of nitrogens with one attached hydrogen (secondary N) is 1. The third kappa shape index (κ3) is 3.34. The molecule has 0 spiro atoms. The zero-order chi connectivity index (χ0) is 12.2. The lowest BCUT2D eigenvalue weighted by atomic mass is 10.2. The van der Waals surface area contributed by atoms with Crippen LogP contribution in [-0.4, -0.2) is 44.6 Å². The highest BCUT2D eigenvalue weighted by molar-refractivity contribution is 5.78. The first-order valence-corrected chi connectivity index (χ1v) is 4.86. The molecule has 0 atom stereocenters. The van der Waals surface area contributed by atoms with Crippen molar-refractivity contribution < 1.29 is 27.4 Å². The van der Waals surface area contributed by atoms with Gasteiger partial charge in [0, 0.05) is 7.11 Å². The van der Waals surface area contributed by atoms with Crippen LogP contribution in [0.1, 0.15) is 12.8 Å². The molecule has 0 aromatic rings. The van der Waals surface area contributed by atoms with Crippen molar-refractivity contribution in [2.75, 3.05) is 26.9 Å². The van der Waals surface area contributed by atoms with Gasteiger partial charge in [-0.25, -0.2) is 0 Å². The quantitative estimate of drug-likeness (QED) is 0.702. The van der Waals surface area contributed by atoms with E-state index in [2.05, 4.69) is 4.74 Å². The number of alkyl halides is 3. The molecule has 16 heavy (non-hydrogen) atoms. The number of carbonyl (C=O) groups excluding carboxylic acids is 1. The second-order valence-corrected chi connectivity index (χ2v) is 3.67. The van der Waals surface area contributed by atoms with Gasteiger partial charge in [-0.05, 0) is 12.8 Å². The van der Waals surface area contributed by atoms with Crippen molar-refractivity contribution in [3.8, 4) is 0 Å². The number of rotatable bonds is 6. The van der Waals surface area contributed by atoms with Gasteiger partial charge in [-0.15, -0.1) is 0 Å². The van der Waals surface area contributed by atoms with E-state index in [1.165, 1.54) is 7.11 Å². The van der Waals surface area contributed by atoms with Crippen molar-refractivity contribution in [3.63, 3.8) is 0 Å². The molecular formula is C9H14F3NO3. The van der Waals surface area contributed by atoms with E-state index in [0.29, 0.717) is 6.61 Å². The topological polar surface area (TPSA) is 47.6 Å². The zero-order valence-electron chi connectivity index (χ0n) is 8.89. The molecule has 0 saturated heterocycles. The fourth-order valence-electron chi connectivity index (χ4n) is 1.21. The van der Waals surface area contributed by atoms with E-state index in [1.807, 2.05) is 5.32 Å². The van der Waals surface area contributed by atoms with Crippen LogP contribution >= 0.6 is 0 Å². The number of methoxy groups -OCH3 is 1. The Kier molecular flexibility index (Phi) is 4.15. The molecule has 0 bridgehead atoms. The van der Waals surface area contributed by atoms with Crippen molar-refractivity contribution in [2.24, 2.45) is 0 Å². The molecule has 1 aliphatic rings. The van der Waals surface area contributed by atoms with Crippen LogP contribution in [0.15, 0.2) is 0 Å². The summed E-state index contributed by atoms with van der Waals surface area (Å²) in [7, 11) is 1.46. The second kappa shape index (κ2) is 5.01. The van der Waals surface area contributed by atoms with Gasteiger partial charge in [0.05, 0.1) is 13.2 Å². The maximum Gasteiger partial charge on any atom is 0.411 e. The molecule has 4 nitrogen and oxygen atoms in total. The summed E-state index contributed by atoms with van der Waals surface area (Å²) < 4.78 is 46.7. The molecular weight excluding hydrogens is 227 g/mol. The highest BCUT2D eigenvalue weighted by atomic mass is 19.4. The molecule has 0 unspecified atom stereocenters. The molecule has 1 amide bonds. The minimum Gasteiger partial charge on any atom is -0.382 e. The predicted octanol–water partition coefficient (Wildman–Crippen LogP) is 0.861. The van der Waals surface area contributed by atoms with Crippen LogP contribution in [0.5, 0.6) is 0 Å². The normalized spacial score (nSPS) is 18.2. The number of halogens is 3. The average Bonchev–Trinajstić information content (AvgIpc) is 2.92. The molecule has 1 N–H and O–H groups in total. The predicted molar refractivity (Wildman–Crippen MR) is 48.9 cm³/mol. The average molecular weight is 241 g/mol. The van der Waals surface area contributed by atoms with Crippen LogP contribution in [-0.2, 0) is 14.3 Å². The highest BCUT2D eigenvalue weighted by Crippen LogP contribution is 2.48. The number of hydrogen-bond donors (Lipinski definition) is 1. The summed E-state index contributed by atoms with van der Waals surface area (Å²) >= 11 is 0. The summed E-state index contributed by atoms with van der Waals surface area (Å²) in [6, 6.07) is 0. The third-order valence-electron chi connectivity index (χ3n) is 2.34. The third-order valence-corrected chi connectivity index (χ3v) is 2.34. The van der Waals surface area contributed by atoms with E-state index in [-0.39, 0.29) is 26.1 Å². The van der Waals surface area contributed by atoms with Crippen LogP contribution in [0.2, 0.25) is 0 Å². The molecule has 7 heteroatoms. The van der Waals surface area contributed by atoms with Gasteiger partial charge in [0.1, 0.15) is 12.1 Å². The number of amides is 1. The van der Waals surface area contributed by atoms with Crippen molar-refractivity contribution in [1.82, 2.24) is 5.32 Å². The van der Waals surface area contributed by atoms with Crippen molar-refractivity contribution in [3.05, 3.63) is 0 Å². The highest BCUT2D eigenvalue weighted by Gasteiger charge is 2.64. The number of ether oxygens (including phenoxy) is 2. The number of hydrogen-bond acceptors (Lipinski definition) is 3. The molecule has 1 fully saturated rings. The fourth-order valence-corrected chi connectivity index (χ4v) is 1.21. The molecule has 0 aromatic heterocycles. The lowest BCUT2D eigenvalue weighted by Gasteiger charge is -2.20. The van der Waals surface area contributed by atoms with Crippen LogP contribution in [0.4, 0.5) is 13.2 Å². The Morgan fingerprint density at radius 3 is 2.44 bits per heavy atom. The van der Waals surface area contributed by atoms with E-state index < -0.39 is 17.6 Å². The zero-order valence-corrected chi connectivity index (χ0v) is 8.89. The molecule has 94 valence electrons.